The molecule has 2 rings (SSSR count). The zero-order valence-corrected chi connectivity index (χ0v) is 13.2. The van der Waals surface area contributed by atoms with Crippen LogP contribution < -0.4 is 0 Å². The largest absolute Gasteiger partial charge is 0.460 e. The Bertz CT molecular complexity index is 412. The third-order valence-electron chi connectivity index (χ3n) is 5.35. The number of carbonyl (C=O) groups is 1. The molecule has 114 valence electrons. The molecule has 3 nitrogen and oxygen atoms in total. The fourth-order valence-corrected chi connectivity index (χ4v) is 4.62. The summed E-state index contributed by atoms with van der Waals surface area (Å²) in [5.41, 5.74) is 0.801. The van der Waals surface area contributed by atoms with Gasteiger partial charge in [-0.3, -0.25) is 4.79 Å². The number of fused-ring (bicyclic) bond motifs is 1. The van der Waals surface area contributed by atoms with Crippen LogP contribution in [0.1, 0.15) is 59.8 Å². The lowest BCUT2D eigenvalue weighted by molar-refractivity contribution is -0.155. The minimum Gasteiger partial charge on any atom is -0.460 e. The van der Waals surface area contributed by atoms with Crippen LogP contribution >= 0.6 is 0 Å². The lowest BCUT2D eigenvalue weighted by Crippen LogP contribution is -2.43. The van der Waals surface area contributed by atoms with Gasteiger partial charge in [0, 0.05) is 12.3 Å². The molecule has 4 atom stereocenters. The second-order valence-corrected chi connectivity index (χ2v) is 7.55. The predicted octanol–water partition coefficient (Wildman–Crippen LogP) is 3.46. The molecular weight excluding hydrogens is 252 g/mol. The summed E-state index contributed by atoms with van der Waals surface area (Å²) in [6.45, 7) is 11.9. The minimum absolute atomic E-state index is 0.0354. The lowest BCUT2D eigenvalue weighted by atomic mass is 9.63. The van der Waals surface area contributed by atoms with Crippen molar-refractivity contribution in [3.8, 4) is 0 Å². The molecule has 0 aromatic rings. The average molecular weight is 280 g/mol. The highest BCUT2D eigenvalue weighted by atomic mass is 16.6. The van der Waals surface area contributed by atoms with Crippen LogP contribution in [0.15, 0.2) is 12.2 Å². The van der Waals surface area contributed by atoms with E-state index in [2.05, 4.69) is 13.5 Å². The first-order valence-corrected chi connectivity index (χ1v) is 7.71. The molecule has 0 heterocycles. The van der Waals surface area contributed by atoms with Gasteiger partial charge < -0.3 is 9.84 Å². The molecule has 0 aromatic carbocycles. The van der Waals surface area contributed by atoms with E-state index in [4.69, 9.17) is 4.74 Å². The van der Waals surface area contributed by atoms with Gasteiger partial charge in [0.2, 0.25) is 0 Å². The molecule has 0 spiro atoms. The highest BCUT2D eigenvalue weighted by Gasteiger charge is 2.53. The third-order valence-corrected chi connectivity index (χ3v) is 5.35. The van der Waals surface area contributed by atoms with E-state index in [1.165, 1.54) is 12.5 Å². The molecule has 3 heteroatoms. The number of esters is 1. The van der Waals surface area contributed by atoms with Crippen LogP contribution in [-0.2, 0) is 9.53 Å². The van der Waals surface area contributed by atoms with E-state index in [1.807, 2.05) is 13.8 Å². The Kier molecular flexibility index (Phi) is 4.03. The molecule has 1 N–H and O–H groups in total. The van der Waals surface area contributed by atoms with Crippen molar-refractivity contribution in [2.75, 3.05) is 0 Å². The third kappa shape index (κ3) is 2.78. The van der Waals surface area contributed by atoms with Crippen LogP contribution in [0.3, 0.4) is 0 Å². The van der Waals surface area contributed by atoms with Crippen LogP contribution in [0, 0.1) is 17.3 Å². The first-order chi connectivity index (χ1) is 9.16. The van der Waals surface area contributed by atoms with Crippen molar-refractivity contribution in [3.63, 3.8) is 0 Å². The normalized spacial score (nSPS) is 37.6. The van der Waals surface area contributed by atoms with Crippen molar-refractivity contribution in [2.24, 2.45) is 17.3 Å². The van der Waals surface area contributed by atoms with E-state index in [-0.39, 0.29) is 17.5 Å². The van der Waals surface area contributed by atoms with Gasteiger partial charge in [0.05, 0.1) is 6.10 Å². The van der Waals surface area contributed by atoms with E-state index in [1.54, 1.807) is 0 Å². The molecular formula is C17H28O3. The number of rotatable bonds is 3. The zero-order valence-electron chi connectivity index (χ0n) is 13.2. The Hall–Kier alpha value is -0.830. The highest BCUT2D eigenvalue weighted by molar-refractivity contribution is 5.66. The van der Waals surface area contributed by atoms with E-state index >= 15 is 0 Å². The molecule has 0 radical (unpaired) electrons. The summed E-state index contributed by atoms with van der Waals surface area (Å²) in [5, 5.41) is 10.4. The quantitative estimate of drug-likeness (QED) is 0.636. The predicted molar refractivity (Wildman–Crippen MR) is 79.2 cm³/mol. The molecule has 0 bridgehead atoms. The number of aliphatic hydroxyl groups is 1. The van der Waals surface area contributed by atoms with Gasteiger partial charge in [0.15, 0.2) is 0 Å². The van der Waals surface area contributed by atoms with Gasteiger partial charge in [-0.15, -0.1) is 0 Å². The first kappa shape index (κ1) is 15.6. The van der Waals surface area contributed by atoms with E-state index < -0.39 is 5.60 Å². The number of aliphatic hydroxyl groups excluding tert-OH is 1. The Morgan fingerprint density at radius 2 is 2.15 bits per heavy atom. The standard InChI is InChI=1S/C17H28O3/c1-11-6-7-14(19)17(5)9-8-13(15(11)17)10-16(3,4)20-12(2)18/h13-15,19H,1,6-10H2,2-5H3/t13-,14-,15-,17+/m1/s1. The van der Waals surface area contributed by atoms with Crippen molar-refractivity contribution >= 4 is 5.97 Å². The van der Waals surface area contributed by atoms with Crippen LogP contribution in [0.5, 0.6) is 0 Å². The fourth-order valence-electron chi connectivity index (χ4n) is 4.62. The lowest BCUT2D eigenvalue weighted by Gasteiger charge is -2.44. The maximum absolute atomic E-state index is 11.2. The second kappa shape index (κ2) is 5.18. The van der Waals surface area contributed by atoms with Crippen LogP contribution in [0.25, 0.3) is 0 Å². The summed E-state index contributed by atoms with van der Waals surface area (Å²) in [6, 6.07) is 0. The Morgan fingerprint density at radius 1 is 1.50 bits per heavy atom. The summed E-state index contributed by atoms with van der Waals surface area (Å²) >= 11 is 0. The van der Waals surface area contributed by atoms with E-state index in [9.17, 15) is 9.90 Å². The van der Waals surface area contributed by atoms with Gasteiger partial charge in [0.1, 0.15) is 5.60 Å². The monoisotopic (exact) mass is 280 g/mol. The fraction of sp³-hybridized carbons (Fsp3) is 0.824. The summed E-state index contributed by atoms with van der Waals surface area (Å²) in [7, 11) is 0. The van der Waals surface area contributed by atoms with Gasteiger partial charge in [-0.05, 0) is 57.8 Å². The van der Waals surface area contributed by atoms with E-state index in [0.717, 1.165) is 32.1 Å². The molecule has 20 heavy (non-hydrogen) atoms. The first-order valence-electron chi connectivity index (χ1n) is 7.71. The topological polar surface area (TPSA) is 46.5 Å². The molecule has 0 saturated heterocycles. The van der Waals surface area contributed by atoms with E-state index in [0.29, 0.717) is 11.8 Å². The number of allylic oxidation sites excluding steroid dienone is 1. The van der Waals surface area contributed by atoms with Crippen molar-refractivity contribution in [3.05, 3.63) is 12.2 Å². The number of carbonyl (C=O) groups excluding carboxylic acids is 1. The molecule has 2 aliphatic rings. The van der Waals surface area contributed by atoms with Crippen LogP contribution in [0.2, 0.25) is 0 Å². The highest BCUT2D eigenvalue weighted by Crippen LogP contribution is 2.58. The summed E-state index contributed by atoms with van der Waals surface area (Å²) < 4.78 is 5.44. The van der Waals surface area contributed by atoms with Gasteiger partial charge in [0.25, 0.3) is 0 Å². The Labute approximate surface area is 122 Å². The number of ether oxygens (including phenoxy) is 1. The van der Waals surface area contributed by atoms with Gasteiger partial charge in [-0.1, -0.05) is 19.1 Å². The summed E-state index contributed by atoms with van der Waals surface area (Å²) in [6.07, 6.45) is 4.51. The molecule has 2 aliphatic carbocycles. The molecule has 0 aromatic heterocycles. The molecule has 2 fully saturated rings. The van der Waals surface area contributed by atoms with Crippen molar-refractivity contribution in [1.29, 1.82) is 0 Å². The summed E-state index contributed by atoms with van der Waals surface area (Å²) in [5.74, 6) is 0.594. The number of hydrogen-bond donors (Lipinski definition) is 1. The Morgan fingerprint density at radius 3 is 2.75 bits per heavy atom. The number of hydrogen-bond acceptors (Lipinski definition) is 3. The van der Waals surface area contributed by atoms with Crippen molar-refractivity contribution < 1.29 is 14.6 Å². The average Bonchev–Trinajstić information content (AvgIpc) is 2.61. The van der Waals surface area contributed by atoms with Gasteiger partial charge >= 0.3 is 5.97 Å². The van der Waals surface area contributed by atoms with Crippen molar-refractivity contribution in [2.45, 2.75) is 71.5 Å². The minimum atomic E-state index is -0.440. The Balaban J connectivity index is 2.14. The summed E-state index contributed by atoms with van der Waals surface area (Å²) in [4.78, 5) is 11.2. The van der Waals surface area contributed by atoms with Crippen molar-refractivity contribution in [1.82, 2.24) is 0 Å². The van der Waals surface area contributed by atoms with Crippen LogP contribution in [-0.4, -0.2) is 22.8 Å². The second-order valence-electron chi connectivity index (χ2n) is 7.55. The molecule has 0 unspecified atom stereocenters. The SMILES string of the molecule is C=C1CC[C@@H](O)[C@]2(C)CC[C@H](CC(C)(C)OC(C)=O)[C@@H]12. The molecule has 0 aliphatic heterocycles. The maximum atomic E-state index is 11.2. The molecule has 0 amide bonds. The maximum Gasteiger partial charge on any atom is 0.303 e. The smallest absolute Gasteiger partial charge is 0.303 e. The zero-order chi connectivity index (χ0) is 15.1. The van der Waals surface area contributed by atoms with Gasteiger partial charge in [-0.2, -0.15) is 0 Å². The van der Waals surface area contributed by atoms with Gasteiger partial charge in [-0.25, -0.2) is 0 Å². The molecule has 2 saturated carbocycles. The van der Waals surface area contributed by atoms with Crippen LogP contribution in [0.4, 0.5) is 0 Å².